The Balaban J connectivity index is 1.41. The monoisotopic (exact) mass is 593 g/mol. The molecular formula is C30H28ClN3O6S. The molecule has 0 unspecified atom stereocenters. The molecule has 0 bridgehead atoms. The highest BCUT2D eigenvalue weighted by molar-refractivity contribution is 8.18. The van der Waals surface area contributed by atoms with E-state index in [1.54, 1.807) is 48.5 Å². The minimum Gasteiger partial charge on any atom is -0.490 e. The zero-order valence-corrected chi connectivity index (χ0v) is 24.2. The van der Waals surface area contributed by atoms with Gasteiger partial charge < -0.3 is 20.1 Å². The second kappa shape index (κ2) is 13.4. The Morgan fingerprint density at radius 1 is 0.951 bits per heavy atom. The van der Waals surface area contributed by atoms with E-state index in [1.165, 1.54) is 0 Å². The van der Waals surface area contributed by atoms with Crippen LogP contribution in [-0.4, -0.2) is 47.6 Å². The number of carbonyl (C=O) groups is 4. The largest absolute Gasteiger partial charge is 0.490 e. The second-order valence-corrected chi connectivity index (χ2v) is 10.6. The van der Waals surface area contributed by atoms with Gasteiger partial charge in [0.2, 0.25) is 5.91 Å². The van der Waals surface area contributed by atoms with E-state index in [0.717, 1.165) is 27.8 Å². The maximum absolute atomic E-state index is 13.0. The summed E-state index contributed by atoms with van der Waals surface area (Å²) in [6, 6.07) is 17.4. The van der Waals surface area contributed by atoms with E-state index in [2.05, 4.69) is 10.6 Å². The molecule has 0 spiro atoms. The molecule has 1 aliphatic rings. The Labute approximate surface area is 246 Å². The predicted octanol–water partition coefficient (Wildman–Crippen LogP) is 6.05. The molecule has 212 valence electrons. The number of amides is 4. The molecule has 4 rings (SSSR count). The van der Waals surface area contributed by atoms with Crippen LogP contribution in [0.2, 0.25) is 5.02 Å². The standard InChI is InChI=1S/C30H28ClN3O6S/c1-4-39-25-13-20(9-11-24(25)40-17-28(36)32-22-7-5-6-18(2)12-22)14-26-29(37)34(30(38)41-26)16-27(35)33-23-15-21(31)10-8-19(23)3/h5-15H,4,16-17H2,1-3H3,(H,32,36)(H,33,35)/b26-14+. The van der Waals surface area contributed by atoms with Crippen molar-refractivity contribution in [1.29, 1.82) is 0 Å². The van der Waals surface area contributed by atoms with E-state index in [0.29, 0.717) is 40.1 Å². The van der Waals surface area contributed by atoms with E-state index in [-0.39, 0.29) is 17.4 Å². The van der Waals surface area contributed by atoms with Crippen LogP contribution in [-0.2, 0) is 14.4 Å². The molecule has 0 aromatic heterocycles. The topological polar surface area (TPSA) is 114 Å². The van der Waals surface area contributed by atoms with Gasteiger partial charge in [-0.3, -0.25) is 24.1 Å². The molecule has 9 nitrogen and oxygen atoms in total. The Bertz CT molecular complexity index is 1540. The normalized spacial score (nSPS) is 13.9. The zero-order chi connectivity index (χ0) is 29.5. The molecule has 11 heteroatoms. The summed E-state index contributed by atoms with van der Waals surface area (Å²) in [5, 5.41) is 5.37. The molecule has 3 aromatic carbocycles. The summed E-state index contributed by atoms with van der Waals surface area (Å²) in [6.07, 6.45) is 1.54. The summed E-state index contributed by atoms with van der Waals surface area (Å²) in [4.78, 5) is 51.5. The number of halogens is 1. The van der Waals surface area contributed by atoms with Crippen molar-refractivity contribution in [3.05, 3.63) is 87.3 Å². The third kappa shape index (κ3) is 7.90. The van der Waals surface area contributed by atoms with Gasteiger partial charge in [0.15, 0.2) is 18.1 Å². The Morgan fingerprint density at radius 3 is 2.51 bits per heavy atom. The third-order valence-corrected chi connectivity index (χ3v) is 7.02. The van der Waals surface area contributed by atoms with Gasteiger partial charge in [-0.1, -0.05) is 35.9 Å². The van der Waals surface area contributed by atoms with Crippen molar-refractivity contribution in [2.24, 2.45) is 0 Å². The van der Waals surface area contributed by atoms with Gasteiger partial charge in [0.25, 0.3) is 17.1 Å². The predicted molar refractivity (Wildman–Crippen MR) is 160 cm³/mol. The summed E-state index contributed by atoms with van der Waals surface area (Å²) in [5.41, 5.74) is 3.57. The van der Waals surface area contributed by atoms with Crippen molar-refractivity contribution in [2.75, 3.05) is 30.4 Å². The average Bonchev–Trinajstić information content (AvgIpc) is 3.17. The van der Waals surface area contributed by atoms with Crippen LogP contribution in [0.1, 0.15) is 23.6 Å². The molecule has 1 aliphatic heterocycles. The number of benzene rings is 3. The number of ether oxygens (including phenoxy) is 2. The van der Waals surface area contributed by atoms with E-state index in [1.807, 2.05) is 39.0 Å². The number of anilines is 2. The van der Waals surface area contributed by atoms with Crippen molar-refractivity contribution < 1.29 is 28.7 Å². The average molecular weight is 594 g/mol. The SMILES string of the molecule is CCOc1cc(/C=C2/SC(=O)N(CC(=O)Nc3cc(Cl)ccc3C)C2=O)ccc1OCC(=O)Nc1cccc(C)c1. The molecule has 4 amide bonds. The van der Waals surface area contributed by atoms with Crippen molar-refractivity contribution in [1.82, 2.24) is 4.90 Å². The molecular weight excluding hydrogens is 566 g/mol. The van der Waals surface area contributed by atoms with Crippen LogP contribution >= 0.6 is 23.4 Å². The number of hydrogen-bond acceptors (Lipinski definition) is 7. The molecule has 0 saturated carbocycles. The lowest BCUT2D eigenvalue weighted by molar-refractivity contribution is -0.127. The highest BCUT2D eigenvalue weighted by Crippen LogP contribution is 2.35. The van der Waals surface area contributed by atoms with E-state index < -0.39 is 23.6 Å². The van der Waals surface area contributed by atoms with Crippen LogP contribution in [0, 0.1) is 13.8 Å². The second-order valence-electron chi connectivity index (χ2n) is 9.12. The van der Waals surface area contributed by atoms with Crippen LogP contribution in [0.25, 0.3) is 6.08 Å². The fourth-order valence-corrected chi connectivity index (χ4v) is 4.93. The van der Waals surface area contributed by atoms with Crippen molar-refractivity contribution in [3.63, 3.8) is 0 Å². The number of rotatable bonds is 10. The van der Waals surface area contributed by atoms with Gasteiger partial charge >= 0.3 is 0 Å². The fraction of sp³-hybridized carbons (Fsp3) is 0.200. The fourth-order valence-electron chi connectivity index (χ4n) is 3.92. The van der Waals surface area contributed by atoms with Crippen LogP contribution in [0.4, 0.5) is 16.2 Å². The van der Waals surface area contributed by atoms with Crippen LogP contribution in [0.3, 0.4) is 0 Å². The van der Waals surface area contributed by atoms with Crippen molar-refractivity contribution >= 4 is 63.8 Å². The maximum atomic E-state index is 13.0. The number of hydrogen-bond donors (Lipinski definition) is 2. The number of carbonyl (C=O) groups excluding carboxylic acids is 4. The highest BCUT2D eigenvalue weighted by Gasteiger charge is 2.36. The Kier molecular flexibility index (Phi) is 9.69. The van der Waals surface area contributed by atoms with Gasteiger partial charge in [-0.25, -0.2) is 0 Å². The molecule has 1 saturated heterocycles. The van der Waals surface area contributed by atoms with Gasteiger partial charge in [-0.05, 0) is 91.7 Å². The lowest BCUT2D eigenvalue weighted by atomic mass is 10.2. The summed E-state index contributed by atoms with van der Waals surface area (Å²) in [5.74, 6) is -0.704. The lowest BCUT2D eigenvalue weighted by Crippen LogP contribution is -2.36. The minimum absolute atomic E-state index is 0.162. The smallest absolute Gasteiger partial charge is 0.294 e. The van der Waals surface area contributed by atoms with Gasteiger partial charge in [0.05, 0.1) is 11.5 Å². The van der Waals surface area contributed by atoms with Crippen LogP contribution in [0.5, 0.6) is 11.5 Å². The molecule has 2 N–H and O–H groups in total. The zero-order valence-electron chi connectivity index (χ0n) is 22.7. The summed E-state index contributed by atoms with van der Waals surface area (Å²) >= 11 is 6.75. The lowest BCUT2D eigenvalue weighted by Gasteiger charge is -2.14. The van der Waals surface area contributed by atoms with E-state index >= 15 is 0 Å². The van der Waals surface area contributed by atoms with Crippen LogP contribution in [0.15, 0.2) is 65.6 Å². The van der Waals surface area contributed by atoms with E-state index in [9.17, 15) is 19.2 Å². The first kappa shape index (κ1) is 29.7. The molecule has 0 aliphatic carbocycles. The Hall–Kier alpha value is -4.28. The molecule has 1 heterocycles. The molecule has 41 heavy (non-hydrogen) atoms. The molecule has 1 fully saturated rings. The number of imide groups is 1. The van der Waals surface area contributed by atoms with Crippen molar-refractivity contribution in [3.8, 4) is 11.5 Å². The summed E-state index contributed by atoms with van der Waals surface area (Å²) < 4.78 is 11.4. The number of nitrogens with one attached hydrogen (secondary N) is 2. The van der Waals surface area contributed by atoms with Gasteiger partial charge in [0.1, 0.15) is 6.54 Å². The van der Waals surface area contributed by atoms with Crippen LogP contribution < -0.4 is 20.1 Å². The summed E-state index contributed by atoms with van der Waals surface area (Å²) in [7, 11) is 0. The summed E-state index contributed by atoms with van der Waals surface area (Å²) in [6.45, 7) is 5.22. The highest BCUT2D eigenvalue weighted by atomic mass is 35.5. The maximum Gasteiger partial charge on any atom is 0.294 e. The van der Waals surface area contributed by atoms with E-state index in [4.69, 9.17) is 21.1 Å². The Morgan fingerprint density at radius 2 is 1.76 bits per heavy atom. The first-order valence-corrected chi connectivity index (χ1v) is 13.9. The van der Waals surface area contributed by atoms with Gasteiger partial charge in [-0.2, -0.15) is 0 Å². The third-order valence-electron chi connectivity index (χ3n) is 5.87. The number of nitrogens with zero attached hydrogens (tertiary/aromatic N) is 1. The first-order valence-electron chi connectivity index (χ1n) is 12.7. The minimum atomic E-state index is -0.580. The van der Waals surface area contributed by atoms with Gasteiger partial charge in [-0.15, -0.1) is 0 Å². The molecule has 3 aromatic rings. The van der Waals surface area contributed by atoms with Gasteiger partial charge in [0, 0.05) is 16.4 Å². The first-order chi connectivity index (χ1) is 19.6. The molecule has 0 atom stereocenters. The quantitative estimate of drug-likeness (QED) is 0.275. The number of aryl methyl sites for hydroxylation is 2. The molecule has 0 radical (unpaired) electrons. The number of thioether (sulfide) groups is 1. The van der Waals surface area contributed by atoms with Crippen molar-refractivity contribution in [2.45, 2.75) is 20.8 Å².